The highest BCUT2D eigenvalue weighted by Crippen LogP contribution is 2.19. The Morgan fingerprint density at radius 2 is 1.38 bits per heavy atom. The van der Waals surface area contributed by atoms with Crippen LogP contribution in [0.15, 0.2) is 30.3 Å². The summed E-state index contributed by atoms with van der Waals surface area (Å²) in [6.45, 7) is 4.79. The van der Waals surface area contributed by atoms with Gasteiger partial charge in [0.1, 0.15) is 6.10 Å². The molecule has 1 unspecified atom stereocenters. The molecule has 1 aromatic carbocycles. The third-order valence-corrected chi connectivity index (χ3v) is 5.06. The zero-order valence-electron chi connectivity index (χ0n) is 16.8. The monoisotopic (exact) mass is 361 g/mol. The van der Waals surface area contributed by atoms with Crippen LogP contribution in [0.25, 0.3) is 0 Å². The van der Waals surface area contributed by atoms with E-state index in [2.05, 4.69) is 31.2 Å². The smallest absolute Gasteiger partial charge is 0.101 e. The molecule has 0 bridgehead atoms. The first kappa shape index (κ1) is 21.2. The number of nitrogens with zero attached hydrogens (tertiary/aromatic N) is 1. The number of hydrogen-bond donors (Lipinski definition) is 0. The molecule has 0 saturated carbocycles. The van der Waals surface area contributed by atoms with Crippen molar-refractivity contribution in [1.82, 2.24) is 0 Å². The molecule has 1 fully saturated rings. The fourth-order valence-electron chi connectivity index (χ4n) is 3.30. The summed E-state index contributed by atoms with van der Waals surface area (Å²) in [4.78, 5) is 6.02. The average molecular weight is 362 g/mol. The molecule has 0 spiro atoms. The normalized spacial score (nSPS) is 16.0. The topological polar surface area (TPSA) is 25.0 Å². The minimum Gasteiger partial charge on any atom is -0.371 e. The number of hydrogen-bond acceptors (Lipinski definition) is 3. The van der Waals surface area contributed by atoms with Crippen molar-refractivity contribution >= 4 is 5.69 Å². The first-order valence-corrected chi connectivity index (χ1v) is 11.0. The molecule has 26 heavy (non-hydrogen) atoms. The molecule has 1 aromatic rings. The minimum atomic E-state index is 0.345. The third-order valence-electron chi connectivity index (χ3n) is 5.06. The van der Waals surface area contributed by atoms with Gasteiger partial charge in [0.2, 0.25) is 0 Å². The Bertz CT molecular complexity index is 433. The molecular weight excluding hydrogens is 322 g/mol. The van der Waals surface area contributed by atoms with Gasteiger partial charge in [-0.1, -0.05) is 95.8 Å². The van der Waals surface area contributed by atoms with Gasteiger partial charge < -0.3 is 4.74 Å². The molecule has 1 heterocycles. The summed E-state index contributed by atoms with van der Waals surface area (Å²) in [6.07, 6.45) is 16.8. The summed E-state index contributed by atoms with van der Waals surface area (Å²) in [5, 5.41) is 2.01. The highest BCUT2D eigenvalue weighted by Gasteiger charge is 2.26. The second-order valence-corrected chi connectivity index (χ2v) is 7.57. The molecule has 0 amide bonds. The van der Waals surface area contributed by atoms with Crippen LogP contribution in [0.1, 0.15) is 84.0 Å². The summed E-state index contributed by atoms with van der Waals surface area (Å²) in [5.74, 6) is 0. The number of rotatable bonds is 17. The molecule has 0 N–H and O–H groups in total. The summed E-state index contributed by atoms with van der Waals surface area (Å²) in [6, 6.07) is 10.4. The van der Waals surface area contributed by atoms with E-state index in [-0.39, 0.29) is 0 Å². The van der Waals surface area contributed by atoms with Crippen molar-refractivity contribution in [2.45, 2.75) is 90.1 Å². The van der Waals surface area contributed by atoms with Crippen molar-refractivity contribution in [3.8, 4) is 0 Å². The highest BCUT2D eigenvalue weighted by atomic mass is 16.7. The van der Waals surface area contributed by atoms with Crippen LogP contribution in [0.2, 0.25) is 0 Å². The van der Waals surface area contributed by atoms with Gasteiger partial charge in [0.25, 0.3) is 0 Å². The van der Waals surface area contributed by atoms with Gasteiger partial charge in [-0.15, -0.1) is 0 Å². The highest BCUT2D eigenvalue weighted by molar-refractivity contribution is 5.43. The average Bonchev–Trinajstić information content (AvgIpc) is 3.49. The first-order valence-electron chi connectivity index (χ1n) is 11.0. The van der Waals surface area contributed by atoms with E-state index in [0.29, 0.717) is 6.10 Å². The van der Waals surface area contributed by atoms with Crippen LogP contribution in [0, 0.1) is 0 Å². The number of benzene rings is 1. The third kappa shape index (κ3) is 10.2. The maximum Gasteiger partial charge on any atom is 0.101 e. The Balaban J connectivity index is 1.42. The summed E-state index contributed by atoms with van der Waals surface area (Å²) in [5.41, 5.74) is 1.13. The Kier molecular flexibility index (Phi) is 11.5. The molecule has 2 rings (SSSR count). The number of hydroxylamine groups is 1. The standard InChI is InChI=1S/C23H39NO2/c1-2-3-4-5-6-7-8-9-10-11-12-16-19-26-24(20-23-21-25-23)22-17-14-13-15-18-22/h13-15,17-18,23H,2-12,16,19-21H2,1H3. The van der Waals surface area contributed by atoms with E-state index in [1.165, 1.54) is 70.6 Å². The van der Waals surface area contributed by atoms with Crippen LogP contribution in [0.4, 0.5) is 5.69 Å². The van der Waals surface area contributed by atoms with Gasteiger partial charge in [-0.05, 0) is 18.6 Å². The maximum atomic E-state index is 6.02. The predicted molar refractivity (Wildman–Crippen MR) is 111 cm³/mol. The number of para-hydroxylation sites is 1. The van der Waals surface area contributed by atoms with Gasteiger partial charge >= 0.3 is 0 Å². The van der Waals surface area contributed by atoms with Gasteiger partial charge in [-0.3, -0.25) is 9.90 Å². The fraction of sp³-hybridized carbons (Fsp3) is 0.739. The minimum absolute atomic E-state index is 0.345. The largest absolute Gasteiger partial charge is 0.371 e. The molecule has 0 aromatic heterocycles. The van der Waals surface area contributed by atoms with E-state index in [1.807, 2.05) is 11.1 Å². The van der Waals surface area contributed by atoms with Crippen LogP contribution < -0.4 is 5.06 Å². The lowest BCUT2D eigenvalue weighted by Crippen LogP contribution is -2.28. The lowest BCUT2D eigenvalue weighted by atomic mass is 10.1. The van der Waals surface area contributed by atoms with Crippen LogP contribution in [-0.4, -0.2) is 25.9 Å². The molecule has 3 heteroatoms. The quantitative estimate of drug-likeness (QED) is 0.179. The van der Waals surface area contributed by atoms with E-state index in [4.69, 9.17) is 9.57 Å². The summed E-state index contributed by atoms with van der Waals surface area (Å²) in [7, 11) is 0. The van der Waals surface area contributed by atoms with Crippen molar-refractivity contribution in [2.75, 3.05) is 24.8 Å². The Morgan fingerprint density at radius 1 is 0.846 bits per heavy atom. The van der Waals surface area contributed by atoms with Gasteiger partial charge in [-0.25, -0.2) is 0 Å². The number of ether oxygens (including phenoxy) is 1. The Morgan fingerprint density at radius 3 is 1.92 bits per heavy atom. The zero-order valence-corrected chi connectivity index (χ0v) is 16.8. The second kappa shape index (κ2) is 14.1. The molecule has 1 aliphatic heterocycles. The zero-order chi connectivity index (χ0) is 18.3. The SMILES string of the molecule is CCCCCCCCCCCCCCON(CC1CO1)c1ccccc1. The van der Waals surface area contributed by atoms with Crippen molar-refractivity contribution in [1.29, 1.82) is 0 Å². The number of epoxide rings is 1. The lowest BCUT2D eigenvalue weighted by molar-refractivity contribution is 0.0998. The Labute approximate surface area is 161 Å². The molecule has 0 aliphatic carbocycles. The molecule has 1 atom stereocenters. The van der Waals surface area contributed by atoms with Crippen LogP contribution in [0.3, 0.4) is 0 Å². The van der Waals surface area contributed by atoms with E-state index in [9.17, 15) is 0 Å². The van der Waals surface area contributed by atoms with Crippen LogP contribution in [-0.2, 0) is 9.57 Å². The number of unbranched alkanes of at least 4 members (excludes halogenated alkanes) is 11. The van der Waals surface area contributed by atoms with E-state index < -0.39 is 0 Å². The van der Waals surface area contributed by atoms with Gasteiger partial charge in [0.15, 0.2) is 0 Å². The molecule has 3 nitrogen and oxygen atoms in total. The maximum absolute atomic E-state index is 6.02. The van der Waals surface area contributed by atoms with Gasteiger partial charge in [-0.2, -0.15) is 0 Å². The number of anilines is 1. The summed E-state index contributed by atoms with van der Waals surface area (Å²) >= 11 is 0. The van der Waals surface area contributed by atoms with Gasteiger partial charge in [0, 0.05) is 0 Å². The molecule has 1 saturated heterocycles. The molecule has 148 valence electrons. The van der Waals surface area contributed by atoms with Crippen LogP contribution >= 0.6 is 0 Å². The van der Waals surface area contributed by atoms with E-state index >= 15 is 0 Å². The summed E-state index contributed by atoms with van der Waals surface area (Å²) < 4.78 is 5.36. The molecule has 0 radical (unpaired) electrons. The van der Waals surface area contributed by atoms with Crippen LogP contribution in [0.5, 0.6) is 0 Å². The first-order chi connectivity index (χ1) is 12.9. The lowest BCUT2D eigenvalue weighted by Gasteiger charge is -2.23. The van der Waals surface area contributed by atoms with E-state index in [1.54, 1.807) is 0 Å². The van der Waals surface area contributed by atoms with Crippen molar-refractivity contribution in [2.24, 2.45) is 0 Å². The van der Waals surface area contributed by atoms with Gasteiger partial charge in [0.05, 0.1) is 25.4 Å². The second-order valence-electron chi connectivity index (χ2n) is 7.57. The van der Waals surface area contributed by atoms with Crippen molar-refractivity contribution in [3.63, 3.8) is 0 Å². The molecule has 1 aliphatic rings. The van der Waals surface area contributed by atoms with Crippen molar-refractivity contribution in [3.05, 3.63) is 30.3 Å². The Hall–Kier alpha value is -1.06. The van der Waals surface area contributed by atoms with E-state index in [0.717, 1.165) is 31.9 Å². The fourth-order valence-corrected chi connectivity index (χ4v) is 3.30. The predicted octanol–water partition coefficient (Wildman–Crippen LogP) is 6.52. The molecular formula is C23H39NO2. The van der Waals surface area contributed by atoms with Crippen molar-refractivity contribution < 1.29 is 9.57 Å².